The lowest BCUT2D eigenvalue weighted by Crippen LogP contribution is -2.21. The van der Waals surface area contributed by atoms with Crippen LogP contribution < -0.4 is 5.32 Å². The maximum absolute atomic E-state index is 11.5. The molecule has 0 bridgehead atoms. The van der Waals surface area contributed by atoms with E-state index in [4.69, 9.17) is 9.26 Å². The second kappa shape index (κ2) is 6.14. The second-order valence-electron chi connectivity index (χ2n) is 3.84. The van der Waals surface area contributed by atoms with E-state index in [1.54, 1.807) is 13.0 Å². The number of nitrogens with one attached hydrogen (secondary N) is 1. The van der Waals surface area contributed by atoms with Gasteiger partial charge >= 0.3 is 5.97 Å². The van der Waals surface area contributed by atoms with Gasteiger partial charge in [-0.1, -0.05) is 5.16 Å². The van der Waals surface area contributed by atoms with Gasteiger partial charge in [0, 0.05) is 6.07 Å². The number of thiophene rings is 1. The van der Waals surface area contributed by atoms with Crippen molar-refractivity contribution < 1.29 is 18.8 Å². The molecule has 0 saturated carbocycles. The standard InChI is InChI=1S/C12H12N2O4S/c1-8-4-10(14-18-8)13-11(15)6-17-12(16)5-9-2-3-19-7-9/h2-4,7H,5-6H2,1H3,(H,13,14,15). The highest BCUT2D eigenvalue weighted by molar-refractivity contribution is 7.07. The number of rotatable bonds is 5. The Morgan fingerprint density at radius 2 is 2.37 bits per heavy atom. The van der Waals surface area contributed by atoms with Gasteiger partial charge < -0.3 is 14.6 Å². The highest BCUT2D eigenvalue weighted by Gasteiger charge is 2.10. The smallest absolute Gasteiger partial charge is 0.310 e. The Morgan fingerprint density at radius 1 is 1.53 bits per heavy atom. The molecule has 0 aromatic carbocycles. The molecule has 100 valence electrons. The number of anilines is 1. The largest absolute Gasteiger partial charge is 0.455 e. The minimum atomic E-state index is -0.452. The third-order valence-corrected chi connectivity index (χ3v) is 2.92. The van der Waals surface area contributed by atoms with Gasteiger partial charge in [0.1, 0.15) is 5.76 Å². The van der Waals surface area contributed by atoms with Crippen molar-refractivity contribution in [1.29, 1.82) is 0 Å². The molecule has 0 radical (unpaired) electrons. The predicted molar refractivity (Wildman–Crippen MR) is 68.9 cm³/mol. The summed E-state index contributed by atoms with van der Waals surface area (Å²) in [6.07, 6.45) is 0.167. The van der Waals surface area contributed by atoms with Crippen LogP contribution in [-0.2, 0) is 20.7 Å². The van der Waals surface area contributed by atoms with E-state index in [0.717, 1.165) is 5.56 Å². The average Bonchev–Trinajstić information content (AvgIpc) is 2.99. The lowest BCUT2D eigenvalue weighted by molar-refractivity contribution is -0.146. The topological polar surface area (TPSA) is 81.4 Å². The summed E-state index contributed by atoms with van der Waals surface area (Å²) in [4.78, 5) is 22.9. The van der Waals surface area contributed by atoms with Crippen LogP contribution >= 0.6 is 11.3 Å². The number of amides is 1. The number of nitrogens with zero attached hydrogens (tertiary/aromatic N) is 1. The van der Waals surface area contributed by atoms with Crippen molar-refractivity contribution in [3.05, 3.63) is 34.2 Å². The van der Waals surface area contributed by atoms with Crippen molar-refractivity contribution in [3.8, 4) is 0 Å². The normalized spacial score (nSPS) is 10.2. The fourth-order valence-corrected chi connectivity index (χ4v) is 2.03. The third-order valence-electron chi connectivity index (χ3n) is 2.19. The molecule has 0 spiro atoms. The molecule has 0 fully saturated rings. The van der Waals surface area contributed by atoms with E-state index < -0.39 is 11.9 Å². The highest BCUT2D eigenvalue weighted by atomic mass is 32.1. The molecule has 2 aromatic heterocycles. The van der Waals surface area contributed by atoms with Gasteiger partial charge in [-0.3, -0.25) is 9.59 Å². The van der Waals surface area contributed by atoms with E-state index in [1.165, 1.54) is 11.3 Å². The summed E-state index contributed by atoms with van der Waals surface area (Å²) >= 11 is 1.50. The Bertz CT molecular complexity index is 562. The molecular weight excluding hydrogens is 268 g/mol. The zero-order valence-corrected chi connectivity index (χ0v) is 11.0. The molecule has 0 aliphatic rings. The van der Waals surface area contributed by atoms with E-state index in [2.05, 4.69) is 10.5 Å². The maximum atomic E-state index is 11.5. The third kappa shape index (κ3) is 4.22. The molecule has 0 saturated heterocycles. The number of carbonyl (C=O) groups is 2. The molecule has 0 atom stereocenters. The van der Waals surface area contributed by atoms with Crippen LogP contribution in [-0.4, -0.2) is 23.6 Å². The van der Waals surface area contributed by atoms with Gasteiger partial charge in [0.15, 0.2) is 12.4 Å². The summed E-state index contributed by atoms with van der Waals surface area (Å²) in [6.45, 7) is 1.37. The molecule has 0 aliphatic heterocycles. The first-order valence-corrected chi connectivity index (χ1v) is 6.47. The molecule has 1 amide bonds. The summed E-state index contributed by atoms with van der Waals surface area (Å²) in [5, 5.41) is 9.79. The summed E-state index contributed by atoms with van der Waals surface area (Å²) in [6, 6.07) is 3.41. The first-order valence-electron chi connectivity index (χ1n) is 5.53. The Hall–Kier alpha value is -2.15. The number of hydrogen-bond donors (Lipinski definition) is 1. The Morgan fingerprint density at radius 3 is 3.00 bits per heavy atom. The van der Waals surface area contributed by atoms with Crippen molar-refractivity contribution in [3.63, 3.8) is 0 Å². The van der Waals surface area contributed by atoms with E-state index in [0.29, 0.717) is 11.6 Å². The monoisotopic (exact) mass is 280 g/mol. The molecule has 0 aliphatic carbocycles. The highest BCUT2D eigenvalue weighted by Crippen LogP contribution is 2.08. The Balaban J connectivity index is 1.72. The molecule has 1 N–H and O–H groups in total. The molecular formula is C12H12N2O4S. The van der Waals surface area contributed by atoms with Gasteiger partial charge in [-0.15, -0.1) is 0 Å². The quantitative estimate of drug-likeness (QED) is 0.844. The maximum Gasteiger partial charge on any atom is 0.310 e. The zero-order valence-electron chi connectivity index (χ0n) is 10.2. The van der Waals surface area contributed by atoms with Gasteiger partial charge in [0.2, 0.25) is 0 Å². The summed E-state index contributed by atoms with van der Waals surface area (Å²) in [5.74, 6) is -0.00186. The molecule has 7 heteroatoms. The van der Waals surface area contributed by atoms with Crippen LogP contribution in [0.2, 0.25) is 0 Å². The molecule has 2 rings (SSSR count). The number of hydrogen-bond acceptors (Lipinski definition) is 6. The molecule has 19 heavy (non-hydrogen) atoms. The van der Waals surface area contributed by atoms with Crippen molar-refractivity contribution in [2.45, 2.75) is 13.3 Å². The first kappa shape index (κ1) is 13.3. The second-order valence-corrected chi connectivity index (χ2v) is 4.62. The van der Waals surface area contributed by atoms with E-state index in [9.17, 15) is 9.59 Å². The van der Waals surface area contributed by atoms with Crippen LogP contribution in [0.5, 0.6) is 0 Å². The van der Waals surface area contributed by atoms with Crippen LogP contribution in [0.15, 0.2) is 27.4 Å². The lowest BCUT2D eigenvalue weighted by atomic mass is 10.2. The number of esters is 1. The van der Waals surface area contributed by atoms with Crippen molar-refractivity contribution in [2.24, 2.45) is 0 Å². The van der Waals surface area contributed by atoms with Crippen LogP contribution in [0.3, 0.4) is 0 Å². The molecule has 2 aromatic rings. The number of aryl methyl sites for hydroxylation is 1. The summed E-state index contributed by atoms with van der Waals surface area (Å²) < 4.78 is 9.64. The van der Waals surface area contributed by atoms with Gasteiger partial charge in [-0.25, -0.2) is 0 Å². The van der Waals surface area contributed by atoms with E-state index in [1.807, 2.05) is 16.8 Å². The fraction of sp³-hybridized carbons (Fsp3) is 0.250. The lowest BCUT2D eigenvalue weighted by Gasteiger charge is -2.03. The van der Waals surface area contributed by atoms with Crippen molar-refractivity contribution in [2.75, 3.05) is 11.9 Å². The average molecular weight is 280 g/mol. The van der Waals surface area contributed by atoms with Gasteiger partial charge in [-0.2, -0.15) is 11.3 Å². The predicted octanol–water partition coefficient (Wildman–Crippen LogP) is 1.77. The fourth-order valence-electron chi connectivity index (χ4n) is 1.36. The minimum absolute atomic E-state index is 0.167. The zero-order chi connectivity index (χ0) is 13.7. The van der Waals surface area contributed by atoms with Crippen molar-refractivity contribution in [1.82, 2.24) is 5.16 Å². The summed E-state index contributed by atoms with van der Waals surface area (Å²) in [7, 11) is 0. The molecule has 6 nitrogen and oxygen atoms in total. The number of aromatic nitrogens is 1. The minimum Gasteiger partial charge on any atom is -0.455 e. The van der Waals surface area contributed by atoms with Crippen LogP contribution in [0.4, 0.5) is 5.82 Å². The molecule has 2 heterocycles. The van der Waals surface area contributed by atoms with Gasteiger partial charge in [0.05, 0.1) is 6.42 Å². The Labute approximate surface area is 113 Å². The Kier molecular flexibility index (Phi) is 4.30. The van der Waals surface area contributed by atoms with Crippen LogP contribution in [0.25, 0.3) is 0 Å². The first-order chi connectivity index (χ1) is 9.13. The van der Waals surface area contributed by atoms with Crippen molar-refractivity contribution >= 4 is 29.0 Å². The van der Waals surface area contributed by atoms with Gasteiger partial charge in [0.25, 0.3) is 5.91 Å². The SMILES string of the molecule is Cc1cc(NC(=O)COC(=O)Cc2ccsc2)no1. The van der Waals surface area contributed by atoms with Crippen LogP contribution in [0.1, 0.15) is 11.3 Å². The number of carbonyl (C=O) groups excluding carboxylic acids is 2. The summed E-state index contributed by atoms with van der Waals surface area (Å²) in [5.41, 5.74) is 0.877. The number of ether oxygens (including phenoxy) is 1. The van der Waals surface area contributed by atoms with E-state index >= 15 is 0 Å². The molecule has 0 unspecified atom stereocenters. The van der Waals surface area contributed by atoms with E-state index in [-0.39, 0.29) is 13.0 Å². The van der Waals surface area contributed by atoms with Gasteiger partial charge in [-0.05, 0) is 29.3 Å². The van der Waals surface area contributed by atoms with Crippen LogP contribution in [0, 0.1) is 6.92 Å².